The van der Waals surface area contributed by atoms with Crippen LogP contribution in [0.5, 0.6) is 0 Å². The number of benzene rings is 2. The summed E-state index contributed by atoms with van der Waals surface area (Å²) in [4.78, 5) is 24.6. The van der Waals surface area contributed by atoms with Crippen LogP contribution in [0.1, 0.15) is 31.2 Å². The minimum absolute atomic E-state index is 0.0504. The zero-order valence-electron chi connectivity index (χ0n) is 15.2. The first-order valence-electron chi connectivity index (χ1n) is 9.20. The molecule has 0 spiro atoms. The lowest BCUT2D eigenvalue weighted by atomic mass is 9.81. The summed E-state index contributed by atoms with van der Waals surface area (Å²) in [5, 5.41) is 5.33. The molecule has 0 bridgehead atoms. The number of hydrogen-bond donors (Lipinski definition) is 2. The predicted octanol–water partition coefficient (Wildman–Crippen LogP) is 4.17. The van der Waals surface area contributed by atoms with Crippen molar-refractivity contribution in [3.63, 3.8) is 0 Å². The maximum atomic E-state index is 13.7. The highest BCUT2D eigenvalue weighted by Crippen LogP contribution is 2.30. The van der Waals surface area contributed by atoms with Crippen LogP contribution in [0, 0.1) is 29.3 Å². The minimum Gasteiger partial charge on any atom is -0.352 e. The van der Waals surface area contributed by atoms with Crippen molar-refractivity contribution in [2.24, 2.45) is 11.8 Å². The van der Waals surface area contributed by atoms with Crippen molar-refractivity contribution in [3.8, 4) is 0 Å². The Morgan fingerprint density at radius 2 is 1.39 bits per heavy atom. The molecule has 2 N–H and O–H groups in total. The SMILES string of the molecule is O=C(NCc1ccc(F)cc1)C1CCC(C(=O)Nc2ccc(F)cc2F)CC1. The molecule has 3 rings (SSSR count). The van der Waals surface area contributed by atoms with Gasteiger partial charge in [-0.15, -0.1) is 0 Å². The molecule has 1 aliphatic rings. The summed E-state index contributed by atoms with van der Waals surface area (Å²) >= 11 is 0. The maximum absolute atomic E-state index is 13.7. The Kier molecular flexibility index (Phi) is 6.34. The predicted molar refractivity (Wildman–Crippen MR) is 98.7 cm³/mol. The van der Waals surface area contributed by atoms with Crippen LogP contribution in [0.15, 0.2) is 42.5 Å². The quantitative estimate of drug-likeness (QED) is 0.805. The van der Waals surface area contributed by atoms with Crippen LogP contribution in [-0.2, 0) is 16.1 Å². The van der Waals surface area contributed by atoms with E-state index in [0.717, 1.165) is 17.7 Å². The molecule has 2 aromatic carbocycles. The molecular formula is C21H21F3N2O2. The second-order valence-electron chi connectivity index (χ2n) is 7.01. The van der Waals surface area contributed by atoms with Crippen LogP contribution in [0.3, 0.4) is 0 Å². The largest absolute Gasteiger partial charge is 0.352 e. The van der Waals surface area contributed by atoms with E-state index >= 15 is 0 Å². The van der Waals surface area contributed by atoms with Gasteiger partial charge in [0, 0.05) is 24.4 Å². The zero-order valence-corrected chi connectivity index (χ0v) is 15.2. The molecule has 2 aromatic rings. The molecule has 1 saturated carbocycles. The van der Waals surface area contributed by atoms with Crippen molar-refractivity contribution in [3.05, 3.63) is 65.5 Å². The molecule has 0 radical (unpaired) electrons. The van der Waals surface area contributed by atoms with Gasteiger partial charge in [0.25, 0.3) is 0 Å². The molecular weight excluding hydrogens is 369 g/mol. The van der Waals surface area contributed by atoms with Gasteiger partial charge >= 0.3 is 0 Å². The third kappa shape index (κ3) is 5.12. The number of carbonyl (C=O) groups excluding carboxylic acids is 2. The first kappa shape index (κ1) is 19.9. The van der Waals surface area contributed by atoms with Gasteiger partial charge in [-0.3, -0.25) is 9.59 Å². The topological polar surface area (TPSA) is 58.2 Å². The van der Waals surface area contributed by atoms with Crippen molar-refractivity contribution < 1.29 is 22.8 Å². The van der Waals surface area contributed by atoms with Gasteiger partial charge in [-0.05, 0) is 55.5 Å². The highest BCUT2D eigenvalue weighted by Gasteiger charge is 2.30. The average Bonchev–Trinajstić information content (AvgIpc) is 2.69. The molecule has 0 unspecified atom stereocenters. The lowest BCUT2D eigenvalue weighted by molar-refractivity contribution is -0.128. The fourth-order valence-corrected chi connectivity index (χ4v) is 3.38. The van der Waals surface area contributed by atoms with E-state index in [-0.39, 0.29) is 35.2 Å². The van der Waals surface area contributed by atoms with Gasteiger partial charge in [0.05, 0.1) is 5.69 Å². The third-order valence-corrected chi connectivity index (χ3v) is 5.04. The van der Waals surface area contributed by atoms with E-state index in [4.69, 9.17) is 0 Å². The second-order valence-corrected chi connectivity index (χ2v) is 7.01. The Morgan fingerprint density at radius 3 is 2.00 bits per heavy atom. The summed E-state index contributed by atoms with van der Waals surface area (Å²) < 4.78 is 39.5. The molecule has 0 aromatic heterocycles. The van der Waals surface area contributed by atoms with E-state index in [1.807, 2.05) is 0 Å². The maximum Gasteiger partial charge on any atom is 0.227 e. The summed E-state index contributed by atoms with van der Waals surface area (Å²) in [7, 11) is 0. The summed E-state index contributed by atoms with van der Waals surface area (Å²) in [6, 6.07) is 8.91. The fraction of sp³-hybridized carbons (Fsp3) is 0.333. The number of rotatable bonds is 5. The average molecular weight is 390 g/mol. The molecule has 0 heterocycles. The van der Waals surface area contributed by atoms with Gasteiger partial charge in [0.1, 0.15) is 17.5 Å². The normalized spacial score (nSPS) is 19.1. The summed E-state index contributed by atoms with van der Waals surface area (Å²) in [5.41, 5.74) is 0.759. The van der Waals surface area contributed by atoms with E-state index in [2.05, 4.69) is 10.6 Å². The number of amides is 2. The monoisotopic (exact) mass is 390 g/mol. The Morgan fingerprint density at radius 1 is 0.821 bits per heavy atom. The number of carbonyl (C=O) groups is 2. The van der Waals surface area contributed by atoms with Crippen molar-refractivity contribution in [2.45, 2.75) is 32.2 Å². The van der Waals surface area contributed by atoms with Gasteiger partial charge in [-0.25, -0.2) is 13.2 Å². The van der Waals surface area contributed by atoms with Crippen molar-refractivity contribution in [1.82, 2.24) is 5.32 Å². The van der Waals surface area contributed by atoms with Crippen LogP contribution in [0.25, 0.3) is 0 Å². The van der Waals surface area contributed by atoms with Crippen LogP contribution in [0.2, 0.25) is 0 Å². The zero-order chi connectivity index (χ0) is 20.1. The van der Waals surface area contributed by atoms with Crippen LogP contribution < -0.4 is 10.6 Å². The van der Waals surface area contributed by atoms with Crippen LogP contribution in [-0.4, -0.2) is 11.8 Å². The summed E-state index contributed by atoms with van der Waals surface area (Å²) in [6.07, 6.45) is 2.14. The first-order chi connectivity index (χ1) is 13.4. The third-order valence-electron chi connectivity index (χ3n) is 5.04. The molecule has 28 heavy (non-hydrogen) atoms. The number of hydrogen-bond acceptors (Lipinski definition) is 2. The van der Waals surface area contributed by atoms with Crippen molar-refractivity contribution >= 4 is 17.5 Å². The van der Waals surface area contributed by atoms with Gasteiger partial charge in [0.2, 0.25) is 11.8 Å². The van der Waals surface area contributed by atoms with Crippen LogP contribution in [0.4, 0.5) is 18.9 Å². The molecule has 4 nitrogen and oxygen atoms in total. The van der Waals surface area contributed by atoms with E-state index in [1.165, 1.54) is 18.2 Å². The van der Waals surface area contributed by atoms with E-state index in [0.29, 0.717) is 32.2 Å². The van der Waals surface area contributed by atoms with E-state index in [9.17, 15) is 22.8 Å². The molecule has 0 atom stereocenters. The van der Waals surface area contributed by atoms with Crippen molar-refractivity contribution in [1.29, 1.82) is 0 Å². The standard InChI is InChI=1S/C21H21F3N2O2/c22-16-7-1-13(2-8-16)12-25-20(27)14-3-5-15(6-4-14)21(28)26-19-10-9-17(23)11-18(19)24/h1-2,7-11,14-15H,3-6,12H2,(H,25,27)(H,26,28). The molecule has 0 saturated heterocycles. The van der Waals surface area contributed by atoms with Gasteiger partial charge in [-0.1, -0.05) is 12.1 Å². The number of nitrogens with one attached hydrogen (secondary N) is 2. The van der Waals surface area contributed by atoms with Gasteiger partial charge < -0.3 is 10.6 Å². The molecule has 2 amide bonds. The Hall–Kier alpha value is -2.83. The summed E-state index contributed by atoms with van der Waals surface area (Å²) in [6.45, 7) is 0.323. The highest BCUT2D eigenvalue weighted by molar-refractivity contribution is 5.92. The number of halogens is 3. The number of anilines is 1. The van der Waals surface area contributed by atoms with Crippen LogP contribution >= 0.6 is 0 Å². The molecule has 0 aliphatic heterocycles. The van der Waals surface area contributed by atoms with Crippen molar-refractivity contribution in [2.75, 3.05) is 5.32 Å². The smallest absolute Gasteiger partial charge is 0.227 e. The van der Waals surface area contributed by atoms with E-state index < -0.39 is 11.6 Å². The Bertz CT molecular complexity index is 847. The fourth-order valence-electron chi connectivity index (χ4n) is 3.38. The van der Waals surface area contributed by atoms with Gasteiger partial charge in [-0.2, -0.15) is 0 Å². The Labute approximate surface area is 161 Å². The van der Waals surface area contributed by atoms with E-state index in [1.54, 1.807) is 12.1 Å². The second kappa shape index (κ2) is 8.91. The first-order valence-corrected chi connectivity index (χ1v) is 9.20. The molecule has 148 valence electrons. The molecule has 7 heteroatoms. The lowest BCUT2D eigenvalue weighted by Gasteiger charge is -2.27. The lowest BCUT2D eigenvalue weighted by Crippen LogP contribution is -2.35. The Balaban J connectivity index is 1.46. The summed E-state index contributed by atoms with van der Waals surface area (Å²) in [5.74, 6) is -2.77. The van der Waals surface area contributed by atoms with Gasteiger partial charge in [0.15, 0.2) is 0 Å². The molecule has 1 aliphatic carbocycles. The molecule has 1 fully saturated rings. The minimum atomic E-state index is -0.817. The highest BCUT2D eigenvalue weighted by atomic mass is 19.1.